The van der Waals surface area contributed by atoms with Crippen molar-refractivity contribution in [3.8, 4) is 35.4 Å². The molecule has 3 saturated heterocycles. The summed E-state index contributed by atoms with van der Waals surface area (Å²) in [4.78, 5) is 14.7. The summed E-state index contributed by atoms with van der Waals surface area (Å²) in [6.07, 6.45) is 13.2. The molecule has 3 aliphatic heterocycles. The summed E-state index contributed by atoms with van der Waals surface area (Å²) < 4.78 is 23.4. The van der Waals surface area contributed by atoms with Gasteiger partial charge in [0.05, 0.1) is 45.5 Å². The maximum Gasteiger partial charge on any atom is 0.319 e. The average molecular weight is 607 g/mol. The van der Waals surface area contributed by atoms with Gasteiger partial charge in [0.2, 0.25) is 0 Å². The number of phenols is 1. The lowest BCUT2D eigenvalue weighted by molar-refractivity contribution is 0.107. The minimum absolute atomic E-state index is 0.0194. The van der Waals surface area contributed by atoms with E-state index < -0.39 is 11.9 Å². The van der Waals surface area contributed by atoms with Crippen LogP contribution >= 0.6 is 0 Å². The molecule has 3 fully saturated rings. The third-order valence-corrected chi connectivity index (χ3v) is 10.1. The van der Waals surface area contributed by atoms with Crippen molar-refractivity contribution in [3.63, 3.8) is 0 Å². The number of rotatable bonds is 5. The predicted molar refractivity (Wildman–Crippen MR) is 171 cm³/mol. The number of phenolic OH excluding ortho intramolecular Hbond substituents is 1. The van der Waals surface area contributed by atoms with Gasteiger partial charge in [0.15, 0.2) is 0 Å². The third kappa shape index (κ3) is 4.40. The highest BCUT2D eigenvalue weighted by atomic mass is 19.1. The molecular weight excluding hydrogens is 571 g/mol. The Morgan fingerprint density at radius 2 is 1.91 bits per heavy atom. The summed E-state index contributed by atoms with van der Waals surface area (Å²) in [6.45, 7) is 5.85. The van der Waals surface area contributed by atoms with Crippen LogP contribution in [0.4, 0.5) is 10.2 Å². The fourth-order valence-corrected chi connectivity index (χ4v) is 8.05. The number of anilines is 1. The van der Waals surface area contributed by atoms with Gasteiger partial charge in [-0.25, -0.2) is 8.91 Å². The first-order valence-electron chi connectivity index (χ1n) is 15.8. The van der Waals surface area contributed by atoms with Crippen LogP contribution in [0.25, 0.3) is 38.4 Å². The summed E-state index contributed by atoms with van der Waals surface area (Å²) in [5.74, 6) is 2.73. The van der Waals surface area contributed by atoms with E-state index in [1.807, 2.05) is 13.0 Å². The number of hydrogen-bond acceptors (Lipinski definition) is 8. The highest BCUT2D eigenvalue weighted by Gasteiger charge is 2.45. The number of hydrogen-bond donors (Lipinski definition) is 2. The number of nitrogens with zero attached hydrogens (tertiary/aromatic N) is 6. The molecule has 0 spiro atoms. The molecule has 0 aliphatic carbocycles. The van der Waals surface area contributed by atoms with E-state index >= 15 is 4.39 Å². The lowest BCUT2D eigenvalue weighted by Gasteiger charge is -2.33. The highest BCUT2D eigenvalue weighted by Crippen LogP contribution is 2.43. The normalized spacial score (nSPS) is 19.9. The van der Waals surface area contributed by atoms with Crippen LogP contribution in [-0.2, 0) is 0 Å². The van der Waals surface area contributed by atoms with Gasteiger partial charge in [0, 0.05) is 29.6 Å². The van der Waals surface area contributed by atoms with Crippen molar-refractivity contribution in [2.24, 2.45) is 0 Å². The molecule has 3 aliphatic rings. The van der Waals surface area contributed by atoms with Crippen LogP contribution in [0.5, 0.6) is 11.8 Å². The number of aryl methyl sites for hydroxylation is 1. The summed E-state index contributed by atoms with van der Waals surface area (Å²) in [7, 11) is 0. The van der Waals surface area contributed by atoms with Crippen LogP contribution in [0, 0.1) is 25.1 Å². The number of aliphatic hydroxyl groups is 1. The maximum absolute atomic E-state index is 15.1. The molecule has 0 radical (unpaired) electrons. The molecule has 1 atom stereocenters. The first kappa shape index (κ1) is 28.0. The SMILES string of the molecule is C#Cc1c(F)ccc2cc(O)cc(-c3c(C)c4nc(OCC56CCCN5CCC6)nc(N5CCCC(O)C5)c4c4ccnn34)c12. The first-order valence-corrected chi connectivity index (χ1v) is 15.8. The number of terminal acetylenes is 1. The van der Waals surface area contributed by atoms with Gasteiger partial charge >= 0.3 is 6.01 Å². The number of aliphatic hydroxyl groups excluding tert-OH is 1. The molecule has 10 heteroatoms. The van der Waals surface area contributed by atoms with Crippen molar-refractivity contribution < 1.29 is 19.3 Å². The zero-order valence-electron chi connectivity index (χ0n) is 25.3. The lowest BCUT2D eigenvalue weighted by Crippen LogP contribution is -2.43. The molecule has 0 amide bonds. The predicted octanol–water partition coefficient (Wildman–Crippen LogP) is 5.20. The summed E-state index contributed by atoms with van der Waals surface area (Å²) in [6, 6.07) is 8.32. The van der Waals surface area contributed by atoms with Crippen LogP contribution in [0.15, 0.2) is 36.5 Å². The molecule has 9 nitrogen and oxygen atoms in total. The van der Waals surface area contributed by atoms with Gasteiger partial charge in [-0.15, -0.1) is 6.42 Å². The number of ether oxygens (including phenoxy) is 1. The number of aromatic hydroxyl groups is 1. The van der Waals surface area contributed by atoms with Crippen molar-refractivity contribution in [2.75, 3.05) is 37.7 Å². The third-order valence-electron chi connectivity index (χ3n) is 10.1. The molecule has 5 aromatic rings. The zero-order valence-corrected chi connectivity index (χ0v) is 25.3. The fourth-order valence-electron chi connectivity index (χ4n) is 8.05. The molecule has 8 rings (SSSR count). The van der Waals surface area contributed by atoms with E-state index in [9.17, 15) is 10.2 Å². The molecule has 3 aromatic heterocycles. The second-order valence-corrected chi connectivity index (χ2v) is 12.8. The van der Waals surface area contributed by atoms with Gasteiger partial charge in [0.25, 0.3) is 0 Å². The second kappa shape index (κ2) is 10.6. The summed E-state index contributed by atoms with van der Waals surface area (Å²) in [5, 5.41) is 28.1. The van der Waals surface area contributed by atoms with Crippen molar-refractivity contribution in [2.45, 2.75) is 57.1 Å². The van der Waals surface area contributed by atoms with Crippen LogP contribution < -0.4 is 9.64 Å². The number of pyridine rings is 1. The topological polar surface area (TPSA) is 99.3 Å². The second-order valence-electron chi connectivity index (χ2n) is 12.8. The van der Waals surface area contributed by atoms with Crippen LogP contribution in [0.1, 0.15) is 49.7 Å². The van der Waals surface area contributed by atoms with Gasteiger partial charge in [-0.3, -0.25) is 4.90 Å². The van der Waals surface area contributed by atoms with E-state index in [4.69, 9.17) is 26.2 Å². The maximum atomic E-state index is 15.1. The quantitative estimate of drug-likeness (QED) is 0.264. The van der Waals surface area contributed by atoms with Crippen LogP contribution in [-0.4, -0.2) is 79.1 Å². The number of benzene rings is 2. The van der Waals surface area contributed by atoms with E-state index in [2.05, 4.69) is 15.7 Å². The minimum Gasteiger partial charge on any atom is -0.508 e. The molecule has 6 heterocycles. The lowest BCUT2D eigenvalue weighted by atomic mass is 9.93. The molecule has 2 aromatic carbocycles. The fraction of sp³-hybridized carbons (Fsp3) is 0.400. The number of halogens is 1. The van der Waals surface area contributed by atoms with E-state index in [0.717, 1.165) is 61.8 Å². The van der Waals surface area contributed by atoms with E-state index in [-0.39, 0.29) is 16.9 Å². The van der Waals surface area contributed by atoms with Gasteiger partial charge in [-0.2, -0.15) is 15.1 Å². The minimum atomic E-state index is -0.511. The Labute approximate surface area is 260 Å². The standard InChI is InChI=1S/C35H35FN6O3/c1-3-25-27(36)9-8-22-17-24(44)18-26(29(22)25)32-21(2)31-30(28-10-13-37-42(28)32)33(40-14-4-7-23(43)19-40)39-34(38-31)45-20-35-11-5-15-41(35)16-6-12-35/h1,8-10,13,17-18,23,43-44H,4-7,11-12,14-16,19-20H2,2H3. The highest BCUT2D eigenvalue weighted by molar-refractivity contribution is 6.09. The van der Waals surface area contributed by atoms with Gasteiger partial charge in [-0.05, 0) is 88.2 Å². The Morgan fingerprint density at radius 1 is 1.09 bits per heavy atom. The van der Waals surface area contributed by atoms with Crippen LogP contribution in [0.3, 0.4) is 0 Å². The molecule has 0 bridgehead atoms. The Morgan fingerprint density at radius 3 is 2.69 bits per heavy atom. The van der Waals surface area contributed by atoms with Crippen molar-refractivity contribution in [1.29, 1.82) is 0 Å². The van der Waals surface area contributed by atoms with Crippen molar-refractivity contribution >= 4 is 33.0 Å². The van der Waals surface area contributed by atoms with Crippen molar-refractivity contribution in [1.82, 2.24) is 24.5 Å². The van der Waals surface area contributed by atoms with Gasteiger partial charge < -0.3 is 19.8 Å². The van der Waals surface area contributed by atoms with Crippen LogP contribution in [0.2, 0.25) is 0 Å². The number of β-amino-alcohol motifs (C(OH)–C–C–N with tert-alkyl or cyclic N) is 1. The zero-order chi connectivity index (χ0) is 30.9. The Balaban J connectivity index is 1.38. The molecule has 0 saturated carbocycles. The molecule has 230 valence electrons. The first-order chi connectivity index (χ1) is 21.9. The van der Waals surface area contributed by atoms with E-state index in [1.54, 1.807) is 28.9 Å². The number of piperidine rings is 1. The smallest absolute Gasteiger partial charge is 0.319 e. The Hall–Kier alpha value is -4.46. The summed E-state index contributed by atoms with van der Waals surface area (Å²) >= 11 is 0. The van der Waals surface area contributed by atoms with Crippen molar-refractivity contribution in [3.05, 3.63) is 53.5 Å². The van der Waals surface area contributed by atoms with E-state index in [1.165, 1.54) is 18.9 Å². The Kier molecular flexibility index (Phi) is 6.59. The molecule has 2 N–H and O–H groups in total. The Bertz CT molecular complexity index is 2020. The number of aromatic nitrogens is 4. The van der Waals surface area contributed by atoms with Gasteiger partial charge in [0.1, 0.15) is 24.0 Å². The largest absolute Gasteiger partial charge is 0.508 e. The van der Waals surface area contributed by atoms with Gasteiger partial charge in [-0.1, -0.05) is 12.0 Å². The monoisotopic (exact) mass is 606 g/mol. The molecule has 1 unspecified atom stereocenters. The average Bonchev–Trinajstić information content (AvgIpc) is 3.76. The van der Waals surface area contributed by atoms with E-state index in [0.29, 0.717) is 52.5 Å². The number of fused-ring (bicyclic) bond motifs is 5. The molecule has 45 heavy (non-hydrogen) atoms. The summed E-state index contributed by atoms with van der Waals surface area (Å²) in [5.41, 5.74) is 3.50. The molecular formula is C35H35FN6O3.